The molecule has 0 aromatic carbocycles. The van der Waals surface area contributed by atoms with Gasteiger partial charge in [0.1, 0.15) is 0 Å². The van der Waals surface area contributed by atoms with Crippen LogP contribution in [-0.4, -0.2) is 61.4 Å². The van der Waals surface area contributed by atoms with Crippen LogP contribution in [-0.2, 0) is 9.59 Å². The SMILES string of the molecule is CC[N+](CC(Br)CBr)(CC(Br)CBr)C(=O)C(=O)O. The minimum atomic E-state index is -1.37. The highest BCUT2D eigenvalue weighted by Gasteiger charge is 2.42. The van der Waals surface area contributed by atoms with Gasteiger partial charge < -0.3 is 5.11 Å². The first-order chi connectivity index (χ1) is 8.32. The van der Waals surface area contributed by atoms with Gasteiger partial charge in [-0.1, -0.05) is 63.7 Å². The van der Waals surface area contributed by atoms with Crippen LogP contribution < -0.4 is 0 Å². The quantitative estimate of drug-likeness (QED) is 0.321. The number of nitrogens with zero attached hydrogens (tertiary/aromatic N) is 1. The molecule has 4 nitrogen and oxygen atoms in total. The summed E-state index contributed by atoms with van der Waals surface area (Å²) >= 11 is 13.6. The van der Waals surface area contributed by atoms with Gasteiger partial charge in [-0.15, -0.1) is 0 Å². The first-order valence-corrected chi connectivity index (χ1v) is 9.44. The predicted octanol–water partition coefficient (Wildman–Crippen LogP) is 2.75. The van der Waals surface area contributed by atoms with E-state index < -0.39 is 11.9 Å². The van der Waals surface area contributed by atoms with Gasteiger partial charge in [0.05, 0.1) is 29.3 Å². The van der Waals surface area contributed by atoms with Crippen molar-refractivity contribution in [2.45, 2.75) is 16.6 Å². The first-order valence-electron chi connectivity index (χ1n) is 5.37. The van der Waals surface area contributed by atoms with E-state index >= 15 is 0 Å². The number of halogens is 4. The Morgan fingerprint density at radius 1 is 1.11 bits per heavy atom. The smallest absolute Gasteiger partial charge is 0.434 e. The van der Waals surface area contributed by atoms with Crippen LogP contribution in [0.2, 0.25) is 0 Å². The van der Waals surface area contributed by atoms with Gasteiger partial charge in [-0.2, -0.15) is 0 Å². The fourth-order valence-corrected chi connectivity index (χ4v) is 3.22. The van der Waals surface area contributed by atoms with Crippen LogP contribution in [0.15, 0.2) is 0 Å². The number of carbonyl (C=O) groups is 2. The van der Waals surface area contributed by atoms with Gasteiger partial charge >= 0.3 is 11.9 Å². The Balaban J connectivity index is 5.18. The molecular weight excluding hydrogens is 502 g/mol. The van der Waals surface area contributed by atoms with E-state index in [4.69, 9.17) is 5.11 Å². The van der Waals surface area contributed by atoms with Crippen LogP contribution in [0.5, 0.6) is 0 Å². The summed E-state index contributed by atoms with van der Waals surface area (Å²) in [7, 11) is 0. The Hall–Kier alpha value is 1.02. The molecule has 1 N–H and O–H groups in total. The van der Waals surface area contributed by atoms with E-state index in [9.17, 15) is 9.59 Å². The molecule has 0 aromatic heterocycles. The average molecular weight is 518 g/mol. The zero-order valence-corrected chi connectivity index (χ0v) is 16.3. The second kappa shape index (κ2) is 9.05. The number of carboxylic acids is 1. The normalized spacial score (nSPS) is 17.8. The molecule has 18 heavy (non-hydrogen) atoms. The molecule has 2 unspecified atom stereocenters. The number of aliphatic carboxylic acids is 1. The molecule has 106 valence electrons. The number of quaternary nitrogens is 1. The highest BCUT2D eigenvalue weighted by atomic mass is 79.9. The zero-order valence-electron chi connectivity index (χ0n) is 9.91. The molecule has 0 aliphatic carbocycles. The third-order valence-corrected chi connectivity index (χ3v) is 7.18. The molecule has 0 heterocycles. The van der Waals surface area contributed by atoms with E-state index in [0.29, 0.717) is 30.3 Å². The van der Waals surface area contributed by atoms with Crippen molar-refractivity contribution in [2.24, 2.45) is 0 Å². The lowest BCUT2D eigenvalue weighted by molar-refractivity contribution is -0.848. The van der Waals surface area contributed by atoms with E-state index in [-0.39, 0.29) is 14.1 Å². The molecule has 2 atom stereocenters. The lowest BCUT2D eigenvalue weighted by Crippen LogP contribution is -2.60. The van der Waals surface area contributed by atoms with Crippen molar-refractivity contribution >= 4 is 75.6 Å². The molecule has 0 spiro atoms. The molecule has 0 aliphatic heterocycles. The number of hydrogen-bond acceptors (Lipinski definition) is 2. The number of carboxylic acid groups (broad SMARTS) is 1. The Kier molecular flexibility index (Phi) is 9.56. The minimum Gasteiger partial charge on any atom is -0.471 e. The molecule has 0 saturated carbocycles. The van der Waals surface area contributed by atoms with Gasteiger partial charge in [0.2, 0.25) is 0 Å². The van der Waals surface area contributed by atoms with Crippen LogP contribution in [0.4, 0.5) is 0 Å². The minimum absolute atomic E-state index is 0.0516. The maximum atomic E-state index is 12.0. The van der Waals surface area contributed by atoms with Gasteiger partial charge in [-0.25, -0.2) is 14.1 Å². The number of hydrogen-bond donors (Lipinski definition) is 1. The molecular formula is C10H16Br4NO3+. The predicted molar refractivity (Wildman–Crippen MR) is 86.2 cm³/mol. The standard InChI is InChI=1S/C10H15Br4NO3/c1-2-15(5-7(13)3-11,6-8(14)4-12)9(16)10(17)18/h7-8H,2-6H2,1H3/p+1. The Labute approximate surface area is 141 Å². The number of likely N-dealkylation sites (N-methyl/N-ethyl adjacent to an activating group) is 1. The summed E-state index contributed by atoms with van der Waals surface area (Å²) in [6.45, 7) is 3.18. The third-order valence-electron chi connectivity index (χ3n) is 2.65. The van der Waals surface area contributed by atoms with Crippen LogP contribution in [0.25, 0.3) is 0 Å². The number of rotatable bonds is 7. The van der Waals surface area contributed by atoms with Gasteiger partial charge in [0.25, 0.3) is 0 Å². The average Bonchev–Trinajstić information content (AvgIpc) is 2.36. The number of alkyl halides is 4. The molecule has 0 saturated heterocycles. The Bertz CT molecular complexity index is 289. The van der Waals surface area contributed by atoms with E-state index in [0.717, 1.165) is 0 Å². The summed E-state index contributed by atoms with van der Waals surface area (Å²) in [6.07, 6.45) is 0. The number of carbonyl (C=O) groups excluding carboxylic acids is 1. The summed E-state index contributed by atoms with van der Waals surface area (Å²) in [6, 6.07) is 0. The van der Waals surface area contributed by atoms with Crippen molar-refractivity contribution in [3.8, 4) is 0 Å². The van der Waals surface area contributed by atoms with Crippen LogP contribution in [0.3, 0.4) is 0 Å². The summed E-state index contributed by atoms with van der Waals surface area (Å²) in [5.74, 6) is -2.13. The summed E-state index contributed by atoms with van der Waals surface area (Å²) < 4.78 is -0.0711. The fourth-order valence-electron chi connectivity index (χ4n) is 1.70. The molecule has 0 aromatic rings. The van der Waals surface area contributed by atoms with E-state index in [2.05, 4.69) is 63.7 Å². The summed E-state index contributed by atoms with van der Waals surface area (Å²) in [5.41, 5.74) is 0. The number of amides is 1. The summed E-state index contributed by atoms with van der Waals surface area (Å²) in [4.78, 5) is 23.1. The summed E-state index contributed by atoms with van der Waals surface area (Å²) in [5, 5.41) is 10.3. The van der Waals surface area contributed by atoms with Gasteiger partial charge in [-0.3, -0.25) is 0 Å². The van der Waals surface area contributed by atoms with Crippen molar-refractivity contribution in [1.29, 1.82) is 0 Å². The third kappa shape index (κ3) is 5.56. The van der Waals surface area contributed by atoms with E-state index in [1.165, 1.54) is 0 Å². The Morgan fingerprint density at radius 2 is 1.50 bits per heavy atom. The fraction of sp³-hybridized carbons (Fsp3) is 0.800. The lowest BCUT2D eigenvalue weighted by atomic mass is 10.2. The molecule has 0 rings (SSSR count). The molecule has 0 radical (unpaired) electrons. The van der Waals surface area contributed by atoms with Crippen molar-refractivity contribution in [3.63, 3.8) is 0 Å². The molecule has 0 aliphatic rings. The lowest BCUT2D eigenvalue weighted by Gasteiger charge is -2.36. The first kappa shape index (κ1) is 19.0. The van der Waals surface area contributed by atoms with Crippen LogP contribution >= 0.6 is 63.7 Å². The van der Waals surface area contributed by atoms with Crippen molar-refractivity contribution in [2.75, 3.05) is 30.3 Å². The van der Waals surface area contributed by atoms with Crippen LogP contribution in [0.1, 0.15) is 6.92 Å². The van der Waals surface area contributed by atoms with Crippen molar-refractivity contribution in [1.82, 2.24) is 0 Å². The van der Waals surface area contributed by atoms with Gasteiger partial charge in [0.15, 0.2) is 0 Å². The van der Waals surface area contributed by atoms with E-state index in [1.807, 2.05) is 6.92 Å². The monoisotopic (exact) mass is 514 g/mol. The topological polar surface area (TPSA) is 54.4 Å². The molecule has 8 heteroatoms. The van der Waals surface area contributed by atoms with Crippen molar-refractivity contribution < 1.29 is 19.2 Å². The second-order valence-corrected chi connectivity index (χ2v) is 7.82. The Morgan fingerprint density at radius 3 is 1.72 bits per heavy atom. The molecule has 0 bridgehead atoms. The van der Waals surface area contributed by atoms with E-state index in [1.54, 1.807) is 0 Å². The van der Waals surface area contributed by atoms with Gasteiger partial charge in [0, 0.05) is 10.7 Å². The zero-order chi connectivity index (χ0) is 14.3. The second-order valence-electron chi connectivity index (χ2n) is 3.94. The van der Waals surface area contributed by atoms with Crippen LogP contribution in [0, 0.1) is 0 Å². The molecule has 1 amide bonds. The molecule has 0 fully saturated rings. The van der Waals surface area contributed by atoms with Gasteiger partial charge in [-0.05, 0) is 6.92 Å². The maximum Gasteiger partial charge on any atom is 0.434 e. The highest BCUT2D eigenvalue weighted by molar-refractivity contribution is 9.12. The largest absolute Gasteiger partial charge is 0.471 e. The highest BCUT2D eigenvalue weighted by Crippen LogP contribution is 2.20. The maximum absolute atomic E-state index is 12.0. The van der Waals surface area contributed by atoms with Crippen molar-refractivity contribution in [3.05, 3.63) is 0 Å².